The number of methoxy groups -OCH3 is 3. The maximum atomic E-state index is 12.7. The number of fused-ring (bicyclic) bond motifs is 1. The summed E-state index contributed by atoms with van der Waals surface area (Å²) >= 11 is 3.48. The van der Waals surface area contributed by atoms with Crippen LogP contribution in [-0.4, -0.2) is 27.3 Å². The highest BCUT2D eigenvalue weighted by atomic mass is 79.9. The molecule has 166 valence electrons. The zero-order valence-corrected chi connectivity index (χ0v) is 19.5. The van der Waals surface area contributed by atoms with E-state index in [4.69, 9.17) is 23.7 Å². The summed E-state index contributed by atoms with van der Waals surface area (Å²) in [5.41, 5.74) is 2.52. The minimum absolute atomic E-state index is 0.391. The van der Waals surface area contributed by atoms with E-state index in [1.807, 2.05) is 54.6 Å². The molecule has 4 rings (SSSR count). The van der Waals surface area contributed by atoms with Crippen molar-refractivity contribution >= 4 is 21.9 Å². The summed E-state index contributed by atoms with van der Waals surface area (Å²) in [4.78, 5) is 12.7. The van der Waals surface area contributed by atoms with Gasteiger partial charge in [0.25, 0.3) is 0 Å². The van der Waals surface area contributed by atoms with Crippen LogP contribution in [0.4, 0.5) is 0 Å². The number of carbonyl (C=O) groups excluding carboxylic acids is 1. The van der Waals surface area contributed by atoms with Crippen LogP contribution in [0.15, 0.2) is 65.1 Å². The second-order valence-corrected chi connectivity index (χ2v) is 8.17. The quantitative estimate of drug-likeness (QED) is 0.404. The fourth-order valence-corrected chi connectivity index (χ4v) is 4.26. The van der Waals surface area contributed by atoms with Gasteiger partial charge in [0.15, 0.2) is 23.0 Å². The molecule has 7 heteroatoms. The number of hydrogen-bond acceptors (Lipinski definition) is 6. The Hall–Kier alpha value is -3.19. The highest BCUT2D eigenvalue weighted by molar-refractivity contribution is 9.10. The Labute approximate surface area is 195 Å². The van der Waals surface area contributed by atoms with Gasteiger partial charge >= 0.3 is 5.97 Å². The molecular formula is C25H23BrO6. The summed E-state index contributed by atoms with van der Waals surface area (Å²) in [5, 5.41) is 0. The number of carbonyl (C=O) groups is 1. The van der Waals surface area contributed by atoms with Crippen LogP contribution in [0.3, 0.4) is 0 Å². The van der Waals surface area contributed by atoms with Crippen molar-refractivity contribution in [1.29, 1.82) is 0 Å². The molecule has 2 atom stereocenters. The monoisotopic (exact) mass is 498 g/mol. The Kier molecular flexibility index (Phi) is 6.55. The van der Waals surface area contributed by atoms with Crippen LogP contribution >= 0.6 is 15.9 Å². The van der Waals surface area contributed by atoms with Crippen LogP contribution in [0.25, 0.3) is 0 Å². The minimum atomic E-state index is -0.651. The number of ether oxygens (including phenoxy) is 5. The van der Waals surface area contributed by atoms with Crippen LogP contribution in [0.2, 0.25) is 0 Å². The summed E-state index contributed by atoms with van der Waals surface area (Å²) in [6.07, 6.45) is -0.599. The SMILES string of the molecule is COC(=O)[C@H]1c2cc(Br)cc(OC)c2O[C@H]1c1ccc(OCc2ccccc2)c(OC)c1. The fraction of sp³-hybridized carbons (Fsp3) is 0.240. The number of hydrogen-bond donors (Lipinski definition) is 0. The smallest absolute Gasteiger partial charge is 0.317 e. The Balaban J connectivity index is 1.66. The molecule has 0 fully saturated rings. The maximum absolute atomic E-state index is 12.7. The van der Waals surface area contributed by atoms with E-state index in [2.05, 4.69) is 15.9 Å². The molecule has 0 unspecified atom stereocenters. The zero-order valence-electron chi connectivity index (χ0n) is 18.0. The Morgan fingerprint density at radius 1 is 0.938 bits per heavy atom. The van der Waals surface area contributed by atoms with Crippen molar-refractivity contribution in [3.05, 3.63) is 81.8 Å². The van der Waals surface area contributed by atoms with Crippen molar-refractivity contribution in [3.8, 4) is 23.0 Å². The molecule has 0 saturated heterocycles. The zero-order chi connectivity index (χ0) is 22.7. The highest BCUT2D eigenvalue weighted by Gasteiger charge is 2.43. The van der Waals surface area contributed by atoms with E-state index in [-0.39, 0.29) is 0 Å². The Morgan fingerprint density at radius 3 is 2.38 bits per heavy atom. The fourth-order valence-electron chi connectivity index (χ4n) is 3.81. The molecule has 0 spiro atoms. The topological polar surface area (TPSA) is 63.2 Å². The Morgan fingerprint density at radius 2 is 1.69 bits per heavy atom. The van der Waals surface area contributed by atoms with Crippen LogP contribution in [0.5, 0.6) is 23.0 Å². The molecule has 0 bridgehead atoms. The van der Waals surface area contributed by atoms with E-state index in [9.17, 15) is 4.79 Å². The van der Waals surface area contributed by atoms with Gasteiger partial charge in [-0.25, -0.2) is 0 Å². The van der Waals surface area contributed by atoms with Gasteiger partial charge in [-0.05, 0) is 35.4 Å². The number of esters is 1. The third kappa shape index (κ3) is 4.25. The highest BCUT2D eigenvalue weighted by Crippen LogP contribution is 2.52. The molecule has 3 aromatic rings. The Bertz CT molecular complexity index is 1110. The van der Waals surface area contributed by atoms with E-state index in [1.165, 1.54) is 7.11 Å². The molecule has 32 heavy (non-hydrogen) atoms. The second kappa shape index (κ2) is 9.53. The standard InChI is InChI=1S/C25H23BrO6/c1-28-20-11-16(9-10-19(20)31-14-15-7-5-4-6-8-15)23-22(25(27)30-3)18-12-17(26)13-21(29-2)24(18)32-23/h4-13,22-23H,14H2,1-3H3/t22-,23-/m0/s1. The molecule has 6 nitrogen and oxygen atoms in total. The summed E-state index contributed by atoms with van der Waals surface area (Å²) < 4.78 is 29.1. The summed E-state index contributed by atoms with van der Waals surface area (Å²) in [7, 11) is 4.51. The van der Waals surface area contributed by atoms with Crippen molar-refractivity contribution in [2.45, 2.75) is 18.6 Å². The molecular weight excluding hydrogens is 476 g/mol. The van der Waals surface area contributed by atoms with Crippen molar-refractivity contribution in [1.82, 2.24) is 0 Å². The van der Waals surface area contributed by atoms with E-state index >= 15 is 0 Å². The normalized spacial score (nSPS) is 16.6. The first kappa shape index (κ1) is 22.0. The third-order valence-corrected chi connectivity index (χ3v) is 5.82. The second-order valence-electron chi connectivity index (χ2n) is 7.25. The largest absolute Gasteiger partial charge is 0.493 e. The van der Waals surface area contributed by atoms with E-state index in [0.29, 0.717) is 35.2 Å². The van der Waals surface area contributed by atoms with Gasteiger partial charge in [0.1, 0.15) is 18.6 Å². The lowest BCUT2D eigenvalue weighted by atomic mass is 9.91. The van der Waals surface area contributed by atoms with E-state index < -0.39 is 18.0 Å². The number of benzene rings is 3. The van der Waals surface area contributed by atoms with Gasteiger partial charge in [-0.3, -0.25) is 4.79 Å². The van der Waals surface area contributed by atoms with Gasteiger partial charge in [-0.2, -0.15) is 0 Å². The molecule has 0 aromatic heterocycles. The molecule has 3 aromatic carbocycles. The van der Waals surface area contributed by atoms with Crippen LogP contribution in [-0.2, 0) is 16.1 Å². The molecule has 1 aliphatic rings. The maximum Gasteiger partial charge on any atom is 0.317 e. The number of halogens is 1. The lowest BCUT2D eigenvalue weighted by Gasteiger charge is -2.19. The molecule has 0 radical (unpaired) electrons. The first-order valence-corrected chi connectivity index (χ1v) is 10.8. The van der Waals surface area contributed by atoms with Crippen molar-refractivity contribution in [2.75, 3.05) is 21.3 Å². The lowest BCUT2D eigenvalue weighted by Crippen LogP contribution is -2.20. The van der Waals surface area contributed by atoms with Gasteiger partial charge in [-0.1, -0.05) is 52.3 Å². The van der Waals surface area contributed by atoms with E-state index in [1.54, 1.807) is 20.3 Å². The van der Waals surface area contributed by atoms with Gasteiger partial charge in [0.05, 0.1) is 21.3 Å². The molecule has 0 saturated carbocycles. The molecule has 1 heterocycles. The summed E-state index contributed by atoms with van der Waals surface area (Å²) in [6, 6.07) is 19.1. The molecule has 0 aliphatic carbocycles. The molecule has 0 amide bonds. The number of rotatable bonds is 7. The average Bonchev–Trinajstić information content (AvgIpc) is 3.21. The third-order valence-electron chi connectivity index (χ3n) is 5.36. The minimum Gasteiger partial charge on any atom is -0.493 e. The first-order chi connectivity index (χ1) is 15.5. The van der Waals surface area contributed by atoms with Crippen LogP contribution in [0.1, 0.15) is 28.7 Å². The molecule has 1 aliphatic heterocycles. The van der Waals surface area contributed by atoms with Crippen molar-refractivity contribution in [2.24, 2.45) is 0 Å². The lowest BCUT2D eigenvalue weighted by molar-refractivity contribution is -0.144. The van der Waals surface area contributed by atoms with E-state index in [0.717, 1.165) is 15.6 Å². The van der Waals surface area contributed by atoms with Crippen molar-refractivity contribution in [3.63, 3.8) is 0 Å². The summed E-state index contributed by atoms with van der Waals surface area (Å²) in [6.45, 7) is 0.415. The molecule has 0 N–H and O–H groups in total. The predicted octanol–water partition coefficient (Wildman–Crippen LogP) is 5.44. The predicted molar refractivity (Wildman–Crippen MR) is 123 cm³/mol. The average molecular weight is 499 g/mol. The van der Waals surface area contributed by atoms with Gasteiger partial charge in [-0.15, -0.1) is 0 Å². The van der Waals surface area contributed by atoms with Crippen LogP contribution in [0, 0.1) is 0 Å². The summed E-state index contributed by atoms with van der Waals surface area (Å²) in [5.74, 6) is 1.18. The first-order valence-electron chi connectivity index (χ1n) is 10.0. The van der Waals surface area contributed by atoms with Gasteiger partial charge in [0, 0.05) is 10.0 Å². The van der Waals surface area contributed by atoms with Crippen molar-refractivity contribution < 1.29 is 28.5 Å². The van der Waals surface area contributed by atoms with Crippen LogP contribution < -0.4 is 18.9 Å². The van der Waals surface area contributed by atoms with Gasteiger partial charge < -0.3 is 23.7 Å². The van der Waals surface area contributed by atoms with Gasteiger partial charge in [0.2, 0.25) is 0 Å².